The van der Waals surface area contributed by atoms with Crippen LogP contribution in [0.1, 0.15) is 0 Å². The summed E-state index contributed by atoms with van der Waals surface area (Å²) in [6, 6.07) is 0. The molecule has 0 aliphatic carbocycles. The SMILES string of the molecule is FCC(OF)C(F)(F)F. The van der Waals surface area contributed by atoms with Gasteiger partial charge in [-0.15, -0.1) is 0 Å². The van der Waals surface area contributed by atoms with E-state index in [2.05, 4.69) is 4.94 Å². The van der Waals surface area contributed by atoms with Crippen molar-refractivity contribution < 1.29 is 27.0 Å². The molecule has 1 nitrogen and oxygen atoms in total. The molecule has 0 radical (unpaired) electrons. The molecule has 0 aromatic heterocycles. The van der Waals surface area contributed by atoms with Crippen molar-refractivity contribution >= 4 is 0 Å². The standard InChI is InChI=1S/C3H3F5O/c4-1-2(9-8)3(5,6)7/h2H,1H2. The summed E-state index contributed by atoms with van der Waals surface area (Å²) in [7, 11) is 0. The van der Waals surface area contributed by atoms with Gasteiger partial charge in [0.05, 0.1) is 0 Å². The van der Waals surface area contributed by atoms with Crippen LogP contribution in [0.2, 0.25) is 0 Å². The minimum absolute atomic E-state index is 1.90. The summed E-state index contributed by atoms with van der Waals surface area (Å²) in [5.41, 5.74) is 0. The lowest BCUT2D eigenvalue weighted by Crippen LogP contribution is -2.31. The van der Waals surface area contributed by atoms with Crippen molar-refractivity contribution in [3.8, 4) is 0 Å². The molecule has 9 heavy (non-hydrogen) atoms. The fourth-order valence-corrected chi connectivity index (χ4v) is 0.162. The van der Waals surface area contributed by atoms with E-state index in [-0.39, 0.29) is 0 Å². The molecule has 6 heteroatoms. The fourth-order valence-electron chi connectivity index (χ4n) is 0.162. The predicted octanol–water partition coefficient (Wildman–Crippen LogP) is 1.79. The highest BCUT2D eigenvalue weighted by Crippen LogP contribution is 2.23. The Bertz CT molecular complexity index is 74.8. The van der Waals surface area contributed by atoms with E-state index in [1.165, 1.54) is 0 Å². The molecule has 0 spiro atoms. The lowest BCUT2D eigenvalue weighted by atomic mass is 10.4. The van der Waals surface area contributed by atoms with Gasteiger partial charge in [-0.05, 0) is 4.53 Å². The Labute approximate surface area is 47.3 Å². The lowest BCUT2D eigenvalue weighted by molar-refractivity contribution is -0.297. The van der Waals surface area contributed by atoms with Crippen LogP contribution in [-0.4, -0.2) is 19.0 Å². The van der Waals surface area contributed by atoms with Crippen LogP contribution in [-0.2, 0) is 4.94 Å². The van der Waals surface area contributed by atoms with Gasteiger partial charge in [-0.2, -0.15) is 18.1 Å². The molecule has 0 saturated heterocycles. The van der Waals surface area contributed by atoms with E-state index in [0.717, 1.165) is 0 Å². The van der Waals surface area contributed by atoms with Crippen LogP contribution in [0.5, 0.6) is 0 Å². The Balaban J connectivity index is 3.79. The summed E-state index contributed by atoms with van der Waals surface area (Å²) >= 11 is 0. The normalized spacial score (nSPS) is 15.7. The minimum atomic E-state index is -4.95. The molecule has 0 amide bonds. The number of hydrogen-bond acceptors (Lipinski definition) is 1. The molecule has 0 fully saturated rings. The van der Waals surface area contributed by atoms with Crippen LogP contribution in [0.3, 0.4) is 0 Å². The minimum Gasteiger partial charge on any atom is -0.248 e. The van der Waals surface area contributed by atoms with E-state index in [1.807, 2.05) is 0 Å². The van der Waals surface area contributed by atoms with Gasteiger partial charge in [0.2, 0.25) is 6.10 Å². The molecular formula is C3H3F5O. The first-order valence-electron chi connectivity index (χ1n) is 1.92. The van der Waals surface area contributed by atoms with Crippen molar-refractivity contribution in [1.82, 2.24) is 0 Å². The number of halogens is 5. The molecule has 1 atom stereocenters. The van der Waals surface area contributed by atoms with E-state index in [0.29, 0.717) is 0 Å². The second-order valence-electron chi connectivity index (χ2n) is 1.27. The third-order valence-corrected chi connectivity index (χ3v) is 0.613. The number of rotatable bonds is 2. The highest BCUT2D eigenvalue weighted by atomic mass is 19.4. The average molecular weight is 150 g/mol. The molecule has 0 aromatic carbocycles. The first-order valence-corrected chi connectivity index (χ1v) is 1.92. The van der Waals surface area contributed by atoms with Gasteiger partial charge < -0.3 is 0 Å². The summed E-state index contributed by atoms with van der Waals surface area (Å²) in [5, 5.41) is 0. The summed E-state index contributed by atoms with van der Waals surface area (Å²) < 4.78 is 55.1. The molecule has 0 heterocycles. The summed E-state index contributed by atoms with van der Waals surface area (Å²) in [4.78, 5) is 2.26. The van der Waals surface area contributed by atoms with Crippen LogP contribution in [0.25, 0.3) is 0 Å². The van der Waals surface area contributed by atoms with E-state index in [4.69, 9.17) is 0 Å². The van der Waals surface area contributed by atoms with Gasteiger partial charge in [0.1, 0.15) is 6.67 Å². The zero-order valence-corrected chi connectivity index (χ0v) is 4.08. The van der Waals surface area contributed by atoms with Crippen LogP contribution in [0, 0.1) is 0 Å². The van der Waals surface area contributed by atoms with E-state index in [9.17, 15) is 22.1 Å². The molecule has 0 N–H and O–H groups in total. The largest absolute Gasteiger partial charge is 0.420 e. The van der Waals surface area contributed by atoms with E-state index in [1.54, 1.807) is 0 Å². The zero-order valence-electron chi connectivity index (χ0n) is 4.08. The molecule has 0 aromatic rings. The Morgan fingerprint density at radius 3 is 1.78 bits per heavy atom. The van der Waals surface area contributed by atoms with Crippen molar-refractivity contribution in [1.29, 1.82) is 0 Å². The van der Waals surface area contributed by atoms with Gasteiger partial charge in [0.15, 0.2) is 0 Å². The van der Waals surface area contributed by atoms with Crippen molar-refractivity contribution in [3.05, 3.63) is 0 Å². The van der Waals surface area contributed by atoms with Crippen molar-refractivity contribution in [2.75, 3.05) is 6.67 Å². The molecule has 0 aliphatic heterocycles. The molecule has 0 saturated carbocycles. The molecule has 56 valence electrons. The van der Waals surface area contributed by atoms with Gasteiger partial charge in [-0.25, -0.2) is 4.39 Å². The monoisotopic (exact) mass is 150 g/mol. The first-order chi connectivity index (χ1) is 4.02. The summed E-state index contributed by atoms with van der Waals surface area (Å²) in [6.07, 6.45) is -7.89. The highest BCUT2D eigenvalue weighted by molar-refractivity contribution is 4.63. The predicted molar refractivity (Wildman–Crippen MR) is 18.0 cm³/mol. The smallest absolute Gasteiger partial charge is 0.248 e. The molecule has 0 aliphatic rings. The molecule has 1 unspecified atom stereocenters. The Kier molecular flexibility index (Phi) is 2.83. The van der Waals surface area contributed by atoms with Crippen molar-refractivity contribution in [2.45, 2.75) is 12.3 Å². The van der Waals surface area contributed by atoms with Crippen LogP contribution in [0.15, 0.2) is 0 Å². The van der Waals surface area contributed by atoms with Gasteiger partial charge >= 0.3 is 6.18 Å². The topological polar surface area (TPSA) is 9.23 Å². The lowest BCUT2D eigenvalue weighted by Gasteiger charge is -2.10. The van der Waals surface area contributed by atoms with Gasteiger partial charge in [0.25, 0.3) is 0 Å². The maximum absolute atomic E-state index is 11.1. The van der Waals surface area contributed by atoms with E-state index < -0.39 is 19.0 Å². The Morgan fingerprint density at radius 2 is 1.78 bits per heavy atom. The third kappa shape index (κ3) is 2.59. The quantitative estimate of drug-likeness (QED) is 0.545. The Hall–Kier alpha value is -0.390. The number of hydrogen-bond donors (Lipinski definition) is 0. The second-order valence-corrected chi connectivity index (χ2v) is 1.27. The van der Waals surface area contributed by atoms with Gasteiger partial charge in [-0.1, -0.05) is 0 Å². The van der Waals surface area contributed by atoms with Crippen LogP contribution in [0.4, 0.5) is 22.1 Å². The van der Waals surface area contributed by atoms with Gasteiger partial charge in [0, 0.05) is 0 Å². The molecule has 0 bridgehead atoms. The fraction of sp³-hybridized carbons (Fsp3) is 1.00. The molecular weight excluding hydrogens is 147 g/mol. The number of alkyl halides is 4. The van der Waals surface area contributed by atoms with E-state index >= 15 is 0 Å². The maximum atomic E-state index is 11.1. The zero-order chi connectivity index (χ0) is 7.49. The van der Waals surface area contributed by atoms with Crippen LogP contribution < -0.4 is 0 Å². The van der Waals surface area contributed by atoms with Crippen molar-refractivity contribution in [2.24, 2.45) is 0 Å². The highest BCUT2D eigenvalue weighted by Gasteiger charge is 2.41. The molecule has 0 rings (SSSR count). The van der Waals surface area contributed by atoms with Crippen molar-refractivity contribution in [3.63, 3.8) is 0 Å². The van der Waals surface area contributed by atoms with Gasteiger partial charge in [-0.3, -0.25) is 0 Å². The Morgan fingerprint density at radius 1 is 1.33 bits per heavy atom. The first kappa shape index (κ1) is 8.61. The third-order valence-electron chi connectivity index (χ3n) is 0.613. The summed E-state index contributed by atoms with van der Waals surface area (Å²) in [5.74, 6) is 0. The maximum Gasteiger partial charge on any atom is 0.420 e. The summed E-state index contributed by atoms with van der Waals surface area (Å²) in [6.45, 7) is -1.90. The van der Waals surface area contributed by atoms with Crippen LogP contribution >= 0.6 is 0 Å². The average Bonchev–Trinajstić information content (AvgIpc) is 1.65. The second kappa shape index (κ2) is 2.95.